The molecule has 0 spiro atoms. The summed E-state index contributed by atoms with van der Waals surface area (Å²) in [7, 11) is 3.17. The number of carbonyl (C=O) groups excluding carboxylic acids is 1. The maximum absolute atomic E-state index is 12.8. The van der Waals surface area contributed by atoms with Crippen LogP contribution in [0.4, 0.5) is 0 Å². The Morgan fingerprint density at radius 3 is 2.24 bits per heavy atom. The quantitative estimate of drug-likeness (QED) is 0.421. The Balaban J connectivity index is 1.45. The van der Waals surface area contributed by atoms with E-state index in [2.05, 4.69) is 15.5 Å². The van der Waals surface area contributed by atoms with Gasteiger partial charge < -0.3 is 19.2 Å². The number of aryl methyl sites for hydroxylation is 1. The van der Waals surface area contributed by atoms with Crippen LogP contribution in [0.1, 0.15) is 34.5 Å². The molecule has 1 amide bonds. The van der Waals surface area contributed by atoms with E-state index in [1.165, 1.54) is 0 Å². The Bertz CT molecular complexity index is 1260. The first-order valence-electron chi connectivity index (χ1n) is 10.5. The van der Waals surface area contributed by atoms with Gasteiger partial charge in [-0.05, 0) is 67.9 Å². The standard InChI is InChI=1S/C26H25N3O4/c1-16-6-5-7-21(14-16)26-29-28-25(33-26)19-10-8-18(9-11-19)24(30)27-17(2)20-12-13-22(31-3)23(15-20)32-4/h5-15,17H,1-4H3,(H,27,30). The zero-order valence-electron chi connectivity index (χ0n) is 19.0. The minimum atomic E-state index is -0.218. The first-order chi connectivity index (χ1) is 16.0. The number of carbonyl (C=O) groups is 1. The number of methoxy groups -OCH3 is 2. The highest BCUT2D eigenvalue weighted by atomic mass is 16.5. The highest BCUT2D eigenvalue weighted by molar-refractivity contribution is 5.94. The normalized spacial score (nSPS) is 11.6. The van der Waals surface area contributed by atoms with Gasteiger partial charge in [0.05, 0.1) is 20.3 Å². The first kappa shape index (κ1) is 22.1. The summed E-state index contributed by atoms with van der Waals surface area (Å²) in [5, 5.41) is 11.3. The van der Waals surface area contributed by atoms with Crippen LogP contribution in [0, 0.1) is 6.92 Å². The maximum atomic E-state index is 12.8. The molecule has 1 aromatic heterocycles. The van der Waals surface area contributed by atoms with E-state index in [0.29, 0.717) is 28.8 Å². The number of benzene rings is 3. The molecular formula is C26H25N3O4. The van der Waals surface area contributed by atoms with E-state index in [0.717, 1.165) is 22.3 Å². The van der Waals surface area contributed by atoms with E-state index in [4.69, 9.17) is 13.9 Å². The predicted octanol–water partition coefficient (Wildman–Crippen LogP) is 5.22. The molecule has 1 N–H and O–H groups in total. The topological polar surface area (TPSA) is 86.5 Å². The summed E-state index contributed by atoms with van der Waals surface area (Å²) in [4.78, 5) is 12.8. The highest BCUT2D eigenvalue weighted by Crippen LogP contribution is 2.30. The second kappa shape index (κ2) is 9.56. The smallest absolute Gasteiger partial charge is 0.251 e. The van der Waals surface area contributed by atoms with Gasteiger partial charge in [0.25, 0.3) is 5.91 Å². The zero-order valence-corrected chi connectivity index (χ0v) is 19.0. The van der Waals surface area contributed by atoms with Gasteiger partial charge in [-0.3, -0.25) is 4.79 Å². The molecular weight excluding hydrogens is 418 g/mol. The van der Waals surface area contributed by atoms with E-state index < -0.39 is 0 Å². The van der Waals surface area contributed by atoms with Crippen LogP contribution in [-0.2, 0) is 0 Å². The lowest BCUT2D eigenvalue weighted by atomic mass is 10.1. The lowest BCUT2D eigenvalue weighted by Crippen LogP contribution is -2.26. The van der Waals surface area contributed by atoms with Gasteiger partial charge >= 0.3 is 0 Å². The van der Waals surface area contributed by atoms with Crippen molar-refractivity contribution in [2.24, 2.45) is 0 Å². The number of rotatable bonds is 7. The van der Waals surface area contributed by atoms with Crippen molar-refractivity contribution in [3.63, 3.8) is 0 Å². The largest absolute Gasteiger partial charge is 0.493 e. The SMILES string of the molecule is COc1ccc(C(C)NC(=O)c2ccc(-c3nnc(-c4cccc(C)c4)o3)cc2)cc1OC. The van der Waals surface area contributed by atoms with Gasteiger partial charge in [-0.1, -0.05) is 23.8 Å². The minimum absolute atomic E-state index is 0.185. The molecule has 1 atom stereocenters. The third-order valence-corrected chi connectivity index (χ3v) is 5.34. The van der Waals surface area contributed by atoms with E-state index in [9.17, 15) is 4.79 Å². The zero-order chi connectivity index (χ0) is 23.4. The van der Waals surface area contributed by atoms with E-state index >= 15 is 0 Å². The third-order valence-electron chi connectivity index (χ3n) is 5.34. The molecule has 4 aromatic rings. The molecule has 1 heterocycles. The Hall–Kier alpha value is -4.13. The molecule has 0 aliphatic heterocycles. The van der Waals surface area contributed by atoms with Crippen LogP contribution >= 0.6 is 0 Å². The van der Waals surface area contributed by atoms with Crippen molar-refractivity contribution in [3.05, 3.63) is 83.4 Å². The average Bonchev–Trinajstić information content (AvgIpc) is 3.34. The molecule has 0 aliphatic rings. The number of ether oxygens (including phenoxy) is 2. The van der Waals surface area contributed by atoms with E-state index in [1.807, 2.05) is 56.3 Å². The molecule has 0 aliphatic carbocycles. The minimum Gasteiger partial charge on any atom is -0.493 e. The van der Waals surface area contributed by atoms with Crippen molar-refractivity contribution in [3.8, 4) is 34.4 Å². The molecule has 7 heteroatoms. The van der Waals surface area contributed by atoms with Crippen molar-refractivity contribution < 1.29 is 18.7 Å². The van der Waals surface area contributed by atoms with Crippen molar-refractivity contribution in [2.45, 2.75) is 19.9 Å². The summed E-state index contributed by atoms with van der Waals surface area (Å²) in [6, 6.07) is 20.3. The van der Waals surface area contributed by atoms with Crippen molar-refractivity contribution in [1.29, 1.82) is 0 Å². The number of hydrogen-bond donors (Lipinski definition) is 1. The van der Waals surface area contributed by atoms with Gasteiger partial charge in [-0.15, -0.1) is 10.2 Å². The summed E-state index contributed by atoms with van der Waals surface area (Å²) in [6.45, 7) is 3.93. The van der Waals surface area contributed by atoms with Crippen LogP contribution in [0.3, 0.4) is 0 Å². The van der Waals surface area contributed by atoms with Gasteiger partial charge in [-0.25, -0.2) is 0 Å². The number of amides is 1. The number of aromatic nitrogens is 2. The Morgan fingerprint density at radius 2 is 1.58 bits per heavy atom. The van der Waals surface area contributed by atoms with Crippen LogP contribution in [0.5, 0.6) is 11.5 Å². The maximum Gasteiger partial charge on any atom is 0.251 e. The molecule has 3 aromatic carbocycles. The first-order valence-corrected chi connectivity index (χ1v) is 10.5. The van der Waals surface area contributed by atoms with Crippen molar-refractivity contribution in [1.82, 2.24) is 15.5 Å². The molecule has 0 radical (unpaired) electrons. The summed E-state index contributed by atoms with van der Waals surface area (Å²) in [6.07, 6.45) is 0. The van der Waals surface area contributed by atoms with Crippen LogP contribution in [0.25, 0.3) is 22.9 Å². The molecule has 0 saturated carbocycles. The molecule has 4 rings (SSSR count). The molecule has 168 valence electrons. The number of hydrogen-bond acceptors (Lipinski definition) is 6. The fraction of sp³-hybridized carbons (Fsp3) is 0.192. The van der Waals surface area contributed by atoms with Gasteiger partial charge in [0.2, 0.25) is 11.8 Å². The molecule has 33 heavy (non-hydrogen) atoms. The summed E-state index contributed by atoms with van der Waals surface area (Å²) >= 11 is 0. The fourth-order valence-corrected chi connectivity index (χ4v) is 3.48. The molecule has 0 saturated heterocycles. The number of nitrogens with zero attached hydrogens (tertiary/aromatic N) is 2. The second-order valence-corrected chi connectivity index (χ2v) is 7.67. The predicted molar refractivity (Wildman–Crippen MR) is 125 cm³/mol. The van der Waals surface area contributed by atoms with Crippen LogP contribution in [-0.4, -0.2) is 30.3 Å². The van der Waals surface area contributed by atoms with Gasteiger partial charge in [-0.2, -0.15) is 0 Å². The molecule has 0 fully saturated rings. The van der Waals surface area contributed by atoms with Crippen LogP contribution in [0.15, 0.2) is 71.1 Å². The lowest BCUT2D eigenvalue weighted by molar-refractivity contribution is 0.0940. The highest BCUT2D eigenvalue weighted by Gasteiger charge is 2.15. The van der Waals surface area contributed by atoms with Gasteiger partial charge in [0.15, 0.2) is 11.5 Å². The van der Waals surface area contributed by atoms with Crippen LogP contribution < -0.4 is 14.8 Å². The molecule has 0 bridgehead atoms. The van der Waals surface area contributed by atoms with Crippen LogP contribution in [0.2, 0.25) is 0 Å². The van der Waals surface area contributed by atoms with Gasteiger partial charge in [0.1, 0.15) is 0 Å². The Labute approximate surface area is 192 Å². The fourth-order valence-electron chi connectivity index (χ4n) is 3.48. The molecule has 7 nitrogen and oxygen atoms in total. The average molecular weight is 444 g/mol. The summed E-state index contributed by atoms with van der Waals surface area (Å²) in [5.74, 6) is 1.93. The second-order valence-electron chi connectivity index (χ2n) is 7.67. The Morgan fingerprint density at radius 1 is 0.879 bits per heavy atom. The van der Waals surface area contributed by atoms with Crippen molar-refractivity contribution >= 4 is 5.91 Å². The molecule has 1 unspecified atom stereocenters. The third kappa shape index (κ3) is 4.87. The summed E-state index contributed by atoms with van der Waals surface area (Å²) < 4.78 is 16.5. The summed E-state index contributed by atoms with van der Waals surface area (Å²) in [5.41, 5.74) is 4.17. The number of nitrogens with one attached hydrogen (secondary N) is 1. The monoisotopic (exact) mass is 443 g/mol. The van der Waals surface area contributed by atoms with E-state index in [-0.39, 0.29) is 11.9 Å². The van der Waals surface area contributed by atoms with E-state index in [1.54, 1.807) is 38.5 Å². The van der Waals surface area contributed by atoms with Crippen molar-refractivity contribution in [2.75, 3.05) is 14.2 Å². The lowest BCUT2D eigenvalue weighted by Gasteiger charge is -2.16. The Kier molecular flexibility index (Phi) is 6.40. The van der Waals surface area contributed by atoms with Gasteiger partial charge in [0, 0.05) is 16.7 Å².